The number of hydrogen-bond donors (Lipinski definition) is 0. The summed E-state index contributed by atoms with van der Waals surface area (Å²) in [6.45, 7) is 10.2. The van der Waals surface area contributed by atoms with E-state index in [0.29, 0.717) is 72.5 Å². The first-order valence-corrected chi connectivity index (χ1v) is 10.9. The quantitative estimate of drug-likeness (QED) is 0.190. The first kappa shape index (κ1) is 27.3. The third kappa shape index (κ3) is 23.3. The lowest BCUT2D eigenvalue weighted by Gasteiger charge is -2.08. The van der Waals surface area contributed by atoms with Crippen molar-refractivity contribution in [1.29, 1.82) is 0 Å². The van der Waals surface area contributed by atoms with Gasteiger partial charge in [-0.05, 0) is 12.8 Å². The van der Waals surface area contributed by atoms with E-state index in [1.165, 1.54) is 12.8 Å². The van der Waals surface area contributed by atoms with Gasteiger partial charge in [0, 0.05) is 13.0 Å². The Morgan fingerprint density at radius 3 is 1.36 bits per heavy atom. The van der Waals surface area contributed by atoms with Crippen molar-refractivity contribution in [1.82, 2.24) is 0 Å². The molecule has 28 heavy (non-hydrogen) atoms. The zero-order valence-electron chi connectivity index (χ0n) is 18.1. The number of carbonyl (C=O) groups is 1. The third-order valence-corrected chi connectivity index (χ3v) is 3.86. The van der Waals surface area contributed by atoms with E-state index in [2.05, 4.69) is 13.8 Å². The summed E-state index contributed by atoms with van der Waals surface area (Å²) in [5.41, 5.74) is 0. The van der Waals surface area contributed by atoms with E-state index in [-0.39, 0.29) is 5.97 Å². The Kier molecular flexibility index (Phi) is 23.7. The standard InChI is InChI=1S/C21H42O7/c1-3-5-7-9-21(22)28-20-19-27-18-17-26-16-15-25-14-13-24-12-11-23-10-8-6-4-2/h3-20H2,1-2H3. The van der Waals surface area contributed by atoms with Gasteiger partial charge in [-0.15, -0.1) is 0 Å². The largest absolute Gasteiger partial charge is 0.463 e. The van der Waals surface area contributed by atoms with E-state index in [4.69, 9.17) is 28.4 Å². The first-order chi connectivity index (χ1) is 13.8. The molecular weight excluding hydrogens is 364 g/mol. The molecule has 0 heterocycles. The van der Waals surface area contributed by atoms with Crippen molar-refractivity contribution in [2.75, 3.05) is 72.7 Å². The fourth-order valence-corrected chi connectivity index (χ4v) is 2.24. The van der Waals surface area contributed by atoms with Crippen LogP contribution in [-0.2, 0) is 33.2 Å². The molecule has 0 N–H and O–H groups in total. The number of rotatable bonds is 23. The van der Waals surface area contributed by atoms with Crippen molar-refractivity contribution >= 4 is 5.97 Å². The molecule has 0 spiro atoms. The van der Waals surface area contributed by atoms with Crippen LogP contribution < -0.4 is 0 Å². The van der Waals surface area contributed by atoms with Crippen molar-refractivity contribution in [2.24, 2.45) is 0 Å². The molecule has 0 saturated carbocycles. The van der Waals surface area contributed by atoms with E-state index in [0.717, 1.165) is 32.3 Å². The summed E-state index contributed by atoms with van der Waals surface area (Å²) >= 11 is 0. The van der Waals surface area contributed by atoms with Crippen LogP contribution in [0.1, 0.15) is 58.8 Å². The summed E-state index contributed by atoms with van der Waals surface area (Å²) in [6.07, 6.45) is 7.11. The lowest BCUT2D eigenvalue weighted by atomic mass is 10.2. The highest BCUT2D eigenvalue weighted by Crippen LogP contribution is 2.00. The van der Waals surface area contributed by atoms with Crippen LogP contribution in [0.3, 0.4) is 0 Å². The van der Waals surface area contributed by atoms with Crippen LogP contribution in [0.5, 0.6) is 0 Å². The number of ether oxygens (including phenoxy) is 6. The number of unbranched alkanes of at least 4 members (excludes halogenated alkanes) is 4. The Labute approximate surface area is 171 Å². The number of esters is 1. The Balaban J connectivity index is 3.06. The lowest BCUT2D eigenvalue weighted by Crippen LogP contribution is -2.15. The molecule has 168 valence electrons. The van der Waals surface area contributed by atoms with Gasteiger partial charge in [0.25, 0.3) is 0 Å². The Morgan fingerprint density at radius 2 is 0.893 bits per heavy atom. The smallest absolute Gasteiger partial charge is 0.305 e. The molecule has 0 fully saturated rings. The van der Waals surface area contributed by atoms with Crippen LogP contribution >= 0.6 is 0 Å². The van der Waals surface area contributed by atoms with Crippen LogP contribution in [0.25, 0.3) is 0 Å². The van der Waals surface area contributed by atoms with Crippen molar-refractivity contribution < 1.29 is 33.2 Å². The molecule has 0 bridgehead atoms. The molecular formula is C21H42O7. The molecule has 0 aliphatic rings. The van der Waals surface area contributed by atoms with E-state index in [1.807, 2.05) is 0 Å². The normalized spacial score (nSPS) is 11.1. The van der Waals surface area contributed by atoms with Crippen LogP contribution in [0.15, 0.2) is 0 Å². The number of hydrogen-bond acceptors (Lipinski definition) is 7. The van der Waals surface area contributed by atoms with Gasteiger partial charge in [0.15, 0.2) is 0 Å². The van der Waals surface area contributed by atoms with Crippen LogP contribution in [0, 0.1) is 0 Å². The molecule has 0 unspecified atom stereocenters. The highest BCUT2D eigenvalue weighted by Gasteiger charge is 2.01. The molecule has 0 aliphatic carbocycles. The zero-order valence-corrected chi connectivity index (χ0v) is 18.1. The maximum Gasteiger partial charge on any atom is 0.305 e. The highest BCUT2D eigenvalue weighted by atomic mass is 16.6. The number of carbonyl (C=O) groups excluding carboxylic acids is 1. The monoisotopic (exact) mass is 406 g/mol. The predicted molar refractivity (Wildman–Crippen MR) is 109 cm³/mol. The topological polar surface area (TPSA) is 72.5 Å². The highest BCUT2D eigenvalue weighted by molar-refractivity contribution is 5.69. The molecule has 0 rings (SSSR count). The van der Waals surface area contributed by atoms with Crippen molar-refractivity contribution in [3.05, 3.63) is 0 Å². The molecule has 7 nitrogen and oxygen atoms in total. The van der Waals surface area contributed by atoms with Gasteiger partial charge in [0.05, 0.1) is 59.5 Å². The van der Waals surface area contributed by atoms with Crippen LogP contribution in [0.4, 0.5) is 0 Å². The minimum Gasteiger partial charge on any atom is -0.463 e. The van der Waals surface area contributed by atoms with Crippen LogP contribution in [-0.4, -0.2) is 78.6 Å². The molecule has 0 aromatic rings. The SMILES string of the molecule is CCCCCOCCOCCOCCOCCOCCOC(=O)CCCCC. The van der Waals surface area contributed by atoms with Crippen molar-refractivity contribution in [2.45, 2.75) is 58.8 Å². The third-order valence-electron chi connectivity index (χ3n) is 3.86. The average Bonchev–Trinajstić information content (AvgIpc) is 2.70. The average molecular weight is 407 g/mol. The van der Waals surface area contributed by atoms with Gasteiger partial charge in [-0.3, -0.25) is 4.79 Å². The second-order valence-electron chi connectivity index (χ2n) is 6.45. The van der Waals surface area contributed by atoms with Gasteiger partial charge in [-0.1, -0.05) is 39.5 Å². The minimum absolute atomic E-state index is 0.145. The summed E-state index contributed by atoms with van der Waals surface area (Å²) in [5.74, 6) is -0.145. The molecule has 0 aromatic carbocycles. The van der Waals surface area contributed by atoms with Crippen molar-refractivity contribution in [3.8, 4) is 0 Å². The lowest BCUT2D eigenvalue weighted by molar-refractivity contribution is -0.145. The van der Waals surface area contributed by atoms with E-state index in [1.54, 1.807) is 0 Å². The van der Waals surface area contributed by atoms with Gasteiger partial charge in [0.2, 0.25) is 0 Å². The van der Waals surface area contributed by atoms with Gasteiger partial charge in [-0.2, -0.15) is 0 Å². The summed E-state index contributed by atoms with van der Waals surface area (Å²) in [6, 6.07) is 0. The maximum absolute atomic E-state index is 11.4. The molecule has 7 heteroatoms. The molecule has 0 aliphatic heterocycles. The Morgan fingerprint density at radius 1 is 0.500 bits per heavy atom. The second kappa shape index (κ2) is 24.3. The van der Waals surface area contributed by atoms with Gasteiger partial charge >= 0.3 is 5.97 Å². The Hall–Kier alpha value is -0.730. The fraction of sp³-hybridized carbons (Fsp3) is 0.952. The molecule has 0 aromatic heterocycles. The van der Waals surface area contributed by atoms with E-state index >= 15 is 0 Å². The first-order valence-electron chi connectivity index (χ1n) is 10.9. The Bertz CT molecular complexity index is 313. The second-order valence-corrected chi connectivity index (χ2v) is 6.45. The zero-order chi connectivity index (χ0) is 20.5. The molecule has 0 amide bonds. The maximum atomic E-state index is 11.4. The van der Waals surface area contributed by atoms with E-state index < -0.39 is 0 Å². The molecule has 0 atom stereocenters. The summed E-state index contributed by atoms with van der Waals surface area (Å²) < 4.78 is 32.1. The summed E-state index contributed by atoms with van der Waals surface area (Å²) in [4.78, 5) is 11.4. The molecule has 0 radical (unpaired) electrons. The van der Waals surface area contributed by atoms with Gasteiger partial charge < -0.3 is 28.4 Å². The summed E-state index contributed by atoms with van der Waals surface area (Å²) in [7, 11) is 0. The van der Waals surface area contributed by atoms with E-state index in [9.17, 15) is 4.79 Å². The van der Waals surface area contributed by atoms with Crippen LogP contribution in [0.2, 0.25) is 0 Å². The van der Waals surface area contributed by atoms with Gasteiger partial charge in [-0.25, -0.2) is 0 Å². The van der Waals surface area contributed by atoms with Gasteiger partial charge in [0.1, 0.15) is 6.61 Å². The summed E-state index contributed by atoms with van der Waals surface area (Å²) in [5, 5.41) is 0. The molecule has 0 saturated heterocycles. The fourth-order valence-electron chi connectivity index (χ4n) is 2.24. The predicted octanol–water partition coefficient (Wildman–Crippen LogP) is 3.38. The minimum atomic E-state index is -0.145. The van der Waals surface area contributed by atoms with Crippen molar-refractivity contribution in [3.63, 3.8) is 0 Å².